The molecule has 0 spiro atoms. The number of amides is 3. The molecule has 0 bridgehead atoms. The van der Waals surface area contributed by atoms with Gasteiger partial charge in [-0.15, -0.1) is 0 Å². The van der Waals surface area contributed by atoms with Crippen LogP contribution in [-0.4, -0.2) is 40.8 Å². The van der Waals surface area contributed by atoms with E-state index in [1.165, 1.54) is 4.90 Å². The topological polar surface area (TPSA) is 86.7 Å². The standard InChI is InChI=1S/C20H20N2O4/c23-17-9-4-1-6-14(17)11-12-21-18(24)10-5-13-22-19(25)15-7-2-3-8-16(15)20(22)26/h1-4,6-9,23H,5,10-13H2,(H,21,24). The highest BCUT2D eigenvalue weighted by Gasteiger charge is 2.34. The molecule has 0 aliphatic carbocycles. The van der Waals surface area contributed by atoms with Crippen LogP contribution < -0.4 is 5.32 Å². The Kier molecular flexibility index (Phi) is 5.31. The van der Waals surface area contributed by atoms with E-state index in [2.05, 4.69) is 5.32 Å². The summed E-state index contributed by atoms with van der Waals surface area (Å²) in [5, 5.41) is 12.5. The quantitative estimate of drug-likeness (QED) is 0.748. The van der Waals surface area contributed by atoms with Gasteiger partial charge in [0.1, 0.15) is 5.75 Å². The Morgan fingerprint density at radius 1 is 0.962 bits per heavy atom. The number of fused-ring (bicyclic) bond motifs is 1. The van der Waals surface area contributed by atoms with Gasteiger partial charge >= 0.3 is 0 Å². The molecule has 3 rings (SSSR count). The highest BCUT2D eigenvalue weighted by atomic mass is 16.3. The van der Waals surface area contributed by atoms with Crippen LogP contribution in [0.1, 0.15) is 39.1 Å². The molecule has 0 saturated heterocycles. The number of carbonyl (C=O) groups excluding carboxylic acids is 3. The number of aromatic hydroxyl groups is 1. The third-order valence-corrected chi connectivity index (χ3v) is 4.37. The van der Waals surface area contributed by atoms with Crippen LogP contribution in [0.5, 0.6) is 5.75 Å². The van der Waals surface area contributed by atoms with E-state index in [1.807, 2.05) is 12.1 Å². The van der Waals surface area contributed by atoms with E-state index >= 15 is 0 Å². The molecule has 3 amide bonds. The number of phenolic OH excluding ortho intramolecular Hbond substituents is 1. The fourth-order valence-corrected chi connectivity index (χ4v) is 2.99. The largest absolute Gasteiger partial charge is 0.508 e. The first-order chi connectivity index (χ1) is 12.6. The Balaban J connectivity index is 1.41. The van der Waals surface area contributed by atoms with Crippen molar-refractivity contribution < 1.29 is 19.5 Å². The van der Waals surface area contributed by atoms with Crippen LogP contribution in [-0.2, 0) is 11.2 Å². The third kappa shape index (κ3) is 3.74. The van der Waals surface area contributed by atoms with E-state index in [-0.39, 0.29) is 36.4 Å². The maximum absolute atomic E-state index is 12.2. The van der Waals surface area contributed by atoms with Gasteiger partial charge in [0.2, 0.25) is 5.91 Å². The summed E-state index contributed by atoms with van der Waals surface area (Å²) in [6, 6.07) is 13.7. The van der Waals surface area contributed by atoms with E-state index in [1.54, 1.807) is 36.4 Å². The molecule has 1 aliphatic rings. The van der Waals surface area contributed by atoms with E-state index in [0.717, 1.165) is 5.56 Å². The summed E-state index contributed by atoms with van der Waals surface area (Å²) in [6.07, 6.45) is 1.18. The van der Waals surface area contributed by atoms with Gasteiger partial charge in [0.05, 0.1) is 11.1 Å². The third-order valence-electron chi connectivity index (χ3n) is 4.37. The van der Waals surface area contributed by atoms with Crippen molar-refractivity contribution in [2.75, 3.05) is 13.1 Å². The summed E-state index contributed by atoms with van der Waals surface area (Å²) >= 11 is 0. The second-order valence-corrected chi connectivity index (χ2v) is 6.14. The maximum Gasteiger partial charge on any atom is 0.261 e. The van der Waals surface area contributed by atoms with Gasteiger partial charge < -0.3 is 10.4 Å². The summed E-state index contributed by atoms with van der Waals surface area (Å²) in [7, 11) is 0. The lowest BCUT2D eigenvalue weighted by atomic mass is 10.1. The molecule has 2 N–H and O–H groups in total. The van der Waals surface area contributed by atoms with Gasteiger partial charge in [0.15, 0.2) is 0 Å². The molecule has 0 saturated carbocycles. The van der Waals surface area contributed by atoms with Gasteiger partial charge in [-0.05, 0) is 36.6 Å². The monoisotopic (exact) mass is 352 g/mol. The SMILES string of the molecule is O=C(CCCN1C(=O)c2ccccc2C1=O)NCCc1ccccc1O. The lowest BCUT2D eigenvalue weighted by molar-refractivity contribution is -0.121. The zero-order chi connectivity index (χ0) is 18.5. The zero-order valence-electron chi connectivity index (χ0n) is 14.3. The minimum atomic E-state index is -0.300. The Bertz CT molecular complexity index is 812. The molecule has 0 aromatic heterocycles. The van der Waals surface area contributed by atoms with Gasteiger partial charge in [-0.3, -0.25) is 19.3 Å². The number of imide groups is 1. The number of carbonyl (C=O) groups is 3. The molecule has 2 aromatic carbocycles. The van der Waals surface area contributed by atoms with Crippen LogP contribution in [0, 0.1) is 0 Å². The fourth-order valence-electron chi connectivity index (χ4n) is 2.99. The normalized spacial score (nSPS) is 13.0. The maximum atomic E-state index is 12.2. The molecule has 2 aromatic rings. The van der Waals surface area contributed by atoms with Crippen LogP contribution in [0.25, 0.3) is 0 Å². The summed E-state index contributed by atoms with van der Waals surface area (Å²) in [6.45, 7) is 0.642. The van der Waals surface area contributed by atoms with Crippen LogP contribution in [0.2, 0.25) is 0 Å². The molecule has 0 atom stereocenters. The summed E-state index contributed by atoms with van der Waals surface area (Å²) in [4.78, 5) is 37.6. The first-order valence-electron chi connectivity index (χ1n) is 8.56. The van der Waals surface area contributed by atoms with Gasteiger partial charge in [-0.25, -0.2) is 0 Å². The lowest BCUT2D eigenvalue weighted by Crippen LogP contribution is -2.32. The molecular formula is C20H20N2O4. The minimum absolute atomic E-state index is 0.142. The average molecular weight is 352 g/mol. The second-order valence-electron chi connectivity index (χ2n) is 6.14. The zero-order valence-corrected chi connectivity index (χ0v) is 14.3. The van der Waals surface area contributed by atoms with Crippen molar-refractivity contribution in [1.29, 1.82) is 0 Å². The number of nitrogens with zero attached hydrogens (tertiary/aromatic N) is 1. The number of nitrogens with one attached hydrogen (secondary N) is 1. The van der Waals surface area contributed by atoms with E-state index < -0.39 is 0 Å². The highest BCUT2D eigenvalue weighted by molar-refractivity contribution is 6.21. The molecule has 26 heavy (non-hydrogen) atoms. The van der Waals surface area contributed by atoms with Crippen molar-refractivity contribution in [2.24, 2.45) is 0 Å². The molecule has 6 heteroatoms. The Morgan fingerprint density at radius 2 is 1.58 bits per heavy atom. The van der Waals surface area contributed by atoms with Gasteiger partial charge in [-0.1, -0.05) is 30.3 Å². The van der Waals surface area contributed by atoms with Crippen LogP contribution in [0.15, 0.2) is 48.5 Å². The van der Waals surface area contributed by atoms with E-state index in [9.17, 15) is 19.5 Å². The molecule has 1 aliphatic heterocycles. The van der Waals surface area contributed by atoms with Crippen molar-refractivity contribution in [3.05, 3.63) is 65.2 Å². The first-order valence-corrected chi connectivity index (χ1v) is 8.56. The summed E-state index contributed by atoms with van der Waals surface area (Å²) < 4.78 is 0. The van der Waals surface area contributed by atoms with Crippen LogP contribution in [0.3, 0.4) is 0 Å². The van der Waals surface area contributed by atoms with Crippen LogP contribution in [0.4, 0.5) is 0 Å². The number of hydrogen-bond donors (Lipinski definition) is 2. The van der Waals surface area contributed by atoms with Crippen LogP contribution >= 0.6 is 0 Å². The summed E-state index contributed by atoms with van der Waals surface area (Å²) in [5.41, 5.74) is 1.62. The van der Waals surface area contributed by atoms with Crippen molar-refractivity contribution in [2.45, 2.75) is 19.3 Å². The lowest BCUT2D eigenvalue weighted by Gasteiger charge is -2.13. The molecule has 134 valence electrons. The molecule has 0 unspecified atom stereocenters. The molecule has 0 radical (unpaired) electrons. The number of rotatable bonds is 7. The number of benzene rings is 2. The predicted molar refractivity (Wildman–Crippen MR) is 95.9 cm³/mol. The fraction of sp³-hybridized carbons (Fsp3) is 0.250. The molecule has 0 fully saturated rings. The van der Waals surface area contributed by atoms with E-state index in [4.69, 9.17) is 0 Å². The minimum Gasteiger partial charge on any atom is -0.508 e. The van der Waals surface area contributed by atoms with Gasteiger partial charge in [0.25, 0.3) is 11.8 Å². The second kappa shape index (κ2) is 7.82. The van der Waals surface area contributed by atoms with Gasteiger partial charge in [-0.2, -0.15) is 0 Å². The Hall–Kier alpha value is -3.15. The molecule has 1 heterocycles. The van der Waals surface area contributed by atoms with Crippen molar-refractivity contribution in [3.8, 4) is 5.75 Å². The van der Waals surface area contributed by atoms with E-state index in [0.29, 0.717) is 30.5 Å². The first kappa shape index (κ1) is 17.7. The van der Waals surface area contributed by atoms with Gasteiger partial charge in [0, 0.05) is 19.5 Å². The number of hydrogen-bond acceptors (Lipinski definition) is 4. The highest BCUT2D eigenvalue weighted by Crippen LogP contribution is 2.22. The average Bonchev–Trinajstić information content (AvgIpc) is 2.88. The van der Waals surface area contributed by atoms with Crippen molar-refractivity contribution >= 4 is 17.7 Å². The smallest absolute Gasteiger partial charge is 0.261 e. The summed E-state index contributed by atoms with van der Waals surface area (Å²) in [5.74, 6) is -0.527. The molecular weight excluding hydrogens is 332 g/mol. The van der Waals surface area contributed by atoms with Crippen molar-refractivity contribution in [1.82, 2.24) is 10.2 Å². The molecule has 6 nitrogen and oxygen atoms in total. The van der Waals surface area contributed by atoms with Crippen molar-refractivity contribution in [3.63, 3.8) is 0 Å². The predicted octanol–water partition coefficient (Wildman–Crippen LogP) is 2.13. The Morgan fingerprint density at radius 3 is 2.23 bits per heavy atom. The number of phenols is 1. The Labute approximate surface area is 151 Å². The number of para-hydroxylation sites is 1.